The zero-order chi connectivity index (χ0) is 35.8. The van der Waals surface area contributed by atoms with Crippen molar-refractivity contribution in [3.8, 4) is 0 Å². The van der Waals surface area contributed by atoms with Crippen LogP contribution in [0.15, 0.2) is 97.3 Å². The van der Waals surface area contributed by atoms with Crippen LogP contribution in [0.4, 0.5) is 15.8 Å². The number of aromatic nitrogens is 2. The molecule has 0 saturated carbocycles. The number of pyridine rings is 2. The van der Waals surface area contributed by atoms with Crippen LogP contribution in [-0.2, 0) is 16.1 Å². The van der Waals surface area contributed by atoms with E-state index in [-0.39, 0.29) is 34.7 Å². The topological polar surface area (TPSA) is 173 Å². The molecule has 0 unspecified atom stereocenters. The molecule has 1 fully saturated rings. The molecule has 13 nitrogen and oxygen atoms in total. The van der Waals surface area contributed by atoms with Crippen molar-refractivity contribution in [3.63, 3.8) is 0 Å². The van der Waals surface area contributed by atoms with E-state index in [0.29, 0.717) is 53.5 Å². The van der Waals surface area contributed by atoms with Crippen LogP contribution in [0, 0.1) is 26.0 Å². The normalized spacial score (nSPS) is 14.9. The number of carboxylic acids is 1. The number of nitrogens with zero attached hydrogens (tertiary/aromatic N) is 6. The molecule has 1 aliphatic rings. The number of nitro benzene ring substituents is 2. The Labute approximate surface area is 284 Å². The van der Waals surface area contributed by atoms with Crippen LogP contribution in [0.1, 0.15) is 23.6 Å². The summed E-state index contributed by atoms with van der Waals surface area (Å²) < 4.78 is 13.1. The van der Waals surface area contributed by atoms with Crippen LogP contribution in [-0.4, -0.2) is 72.3 Å². The Morgan fingerprint density at radius 3 is 1.90 bits per heavy atom. The van der Waals surface area contributed by atoms with E-state index in [1.54, 1.807) is 59.8 Å². The maximum Gasteiger partial charge on any atom is 0.328 e. The van der Waals surface area contributed by atoms with Crippen molar-refractivity contribution in [1.29, 1.82) is 0 Å². The molecular formula is C36H31FN6O7. The number of hydrogen-bond donors (Lipinski definition) is 1. The van der Waals surface area contributed by atoms with Crippen LogP contribution in [0.25, 0.3) is 34.0 Å². The van der Waals surface area contributed by atoms with Crippen molar-refractivity contribution in [2.75, 3.05) is 19.6 Å². The Morgan fingerprint density at radius 2 is 1.40 bits per heavy atom. The van der Waals surface area contributed by atoms with Crippen LogP contribution in [0.5, 0.6) is 0 Å². The summed E-state index contributed by atoms with van der Waals surface area (Å²) in [5.74, 6) is -1.61. The molecule has 6 rings (SSSR count). The minimum Gasteiger partial charge on any atom is -0.478 e. The molecule has 3 aromatic carbocycles. The summed E-state index contributed by atoms with van der Waals surface area (Å²) in [4.78, 5) is 57.0. The number of carbonyl (C=O) groups is 2. The van der Waals surface area contributed by atoms with Gasteiger partial charge in [-0.15, -0.1) is 0 Å². The molecule has 1 atom stereocenters. The zero-order valence-electron chi connectivity index (χ0n) is 26.8. The standard InChI is InChI=1S/C24H23FN4O3.C12H8N2O4/c1-17-15-27(16-18-4-7-21(25)8-5-18)11-12-28(17)24(30)9-6-20-13-22-19(3-2-10-26-22)14-23(20)29(31)32;15-12(16)4-3-9-6-10-8(2-1-5-13-10)7-11(9)14(17)18/h2-10,13-14,17H,11-12,15-16H2,1H3;1-7H,(H,15,16)/b9-6+;4-3+/t17-;/m1./s1. The number of piperazine rings is 1. The second-order valence-corrected chi connectivity index (χ2v) is 11.5. The maximum absolute atomic E-state index is 13.1. The fourth-order valence-electron chi connectivity index (χ4n) is 5.60. The van der Waals surface area contributed by atoms with Crippen LogP contribution < -0.4 is 0 Å². The van der Waals surface area contributed by atoms with Gasteiger partial charge in [-0.1, -0.05) is 24.3 Å². The van der Waals surface area contributed by atoms with Crippen molar-refractivity contribution >= 4 is 57.2 Å². The first-order valence-electron chi connectivity index (χ1n) is 15.4. The second-order valence-electron chi connectivity index (χ2n) is 11.5. The van der Waals surface area contributed by atoms with E-state index in [4.69, 9.17) is 5.11 Å². The van der Waals surface area contributed by atoms with Gasteiger partial charge < -0.3 is 10.0 Å². The van der Waals surface area contributed by atoms with Crippen LogP contribution in [0.2, 0.25) is 0 Å². The summed E-state index contributed by atoms with van der Waals surface area (Å²) in [5.41, 5.74) is 2.59. The minimum absolute atomic E-state index is 0.0189. The number of carbonyl (C=O) groups excluding carboxylic acids is 1. The summed E-state index contributed by atoms with van der Waals surface area (Å²) in [6.07, 6.45) is 8.12. The van der Waals surface area contributed by atoms with E-state index in [1.165, 1.54) is 48.6 Å². The largest absolute Gasteiger partial charge is 0.478 e. The number of benzene rings is 3. The lowest BCUT2D eigenvalue weighted by Gasteiger charge is -2.39. The highest BCUT2D eigenvalue weighted by atomic mass is 19.1. The highest BCUT2D eigenvalue weighted by Crippen LogP contribution is 2.27. The quantitative estimate of drug-likeness (QED) is 0.112. The Kier molecular flexibility index (Phi) is 10.9. The fourth-order valence-corrected chi connectivity index (χ4v) is 5.60. The number of amides is 1. The molecule has 0 spiro atoms. The van der Waals surface area contributed by atoms with E-state index in [9.17, 15) is 34.2 Å². The molecule has 1 aliphatic heterocycles. The highest BCUT2D eigenvalue weighted by molar-refractivity contribution is 5.94. The summed E-state index contributed by atoms with van der Waals surface area (Å²) in [7, 11) is 0. The molecule has 0 radical (unpaired) electrons. The van der Waals surface area contributed by atoms with Gasteiger partial charge in [-0.05, 0) is 61.0 Å². The lowest BCUT2D eigenvalue weighted by molar-refractivity contribution is -0.385. The first-order valence-corrected chi connectivity index (χ1v) is 15.4. The summed E-state index contributed by atoms with van der Waals surface area (Å²) in [5, 5.41) is 32.3. The molecule has 0 bridgehead atoms. The monoisotopic (exact) mass is 678 g/mol. The van der Waals surface area contributed by atoms with Crippen molar-refractivity contribution in [1.82, 2.24) is 19.8 Å². The Balaban J connectivity index is 0.000000228. The van der Waals surface area contributed by atoms with Crippen molar-refractivity contribution < 1.29 is 28.9 Å². The average Bonchev–Trinajstić information content (AvgIpc) is 3.10. The third kappa shape index (κ3) is 8.73. The smallest absolute Gasteiger partial charge is 0.328 e. The SMILES string of the molecule is C[C@@H]1CN(Cc2ccc(F)cc2)CCN1C(=O)/C=C/c1cc2ncccc2cc1[N+](=O)[O-].O=C(O)/C=C/c1cc2ncccc2cc1[N+](=O)[O-]. The molecule has 1 amide bonds. The van der Waals surface area contributed by atoms with Gasteiger partial charge in [0.25, 0.3) is 11.4 Å². The predicted octanol–water partition coefficient (Wildman–Crippen LogP) is 6.27. The van der Waals surface area contributed by atoms with E-state index in [2.05, 4.69) is 14.9 Å². The third-order valence-corrected chi connectivity index (χ3v) is 8.02. The Bertz CT molecular complexity index is 2140. The van der Waals surface area contributed by atoms with Gasteiger partial charge >= 0.3 is 5.97 Å². The Morgan fingerprint density at radius 1 is 0.860 bits per heavy atom. The second kappa shape index (κ2) is 15.7. The molecule has 254 valence electrons. The van der Waals surface area contributed by atoms with Crippen LogP contribution >= 0.6 is 0 Å². The van der Waals surface area contributed by atoms with Gasteiger partial charge in [0.1, 0.15) is 5.82 Å². The summed E-state index contributed by atoms with van der Waals surface area (Å²) in [6, 6.07) is 19.3. The predicted molar refractivity (Wildman–Crippen MR) is 185 cm³/mol. The van der Waals surface area contributed by atoms with Gasteiger partial charge in [0.15, 0.2) is 0 Å². The molecule has 1 N–H and O–H groups in total. The maximum atomic E-state index is 13.1. The number of carboxylic acid groups (broad SMARTS) is 1. The van der Waals surface area contributed by atoms with E-state index >= 15 is 0 Å². The van der Waals surface area contributed by atoms with Gasteiger partial charge in [0.05, 0.1) is 32.0 Å². The van der Waals surface area contributed by atoms with Crippen LogP contribution in [0.3, 0.4) is 0 Å². The van der Waals surface area contributed by atoms with E-state index in [1.807, 2.05) is 6.92 Å². The number of hydrogen-bond acceptors (Lipinski definition) is 9. The highest BCUT2D eigenvalue weighted by Gasteiger charge is 2.26. The van der Waals surface area contributed by atoms with Gasteiger partial charge in [-0.3, -0.25) is 39.9 Å². The minimum atomic E-state index is -1.16. The van der Waals surface area contributed by atoms with Crippen molar-refractivity contribution in [3.05, 3.63) is 140 Å². The van der Waals surface area contributed by atoms with E-state index < -0.39 is 15.8 Å². The number of aliphatic carboxylic acids is 1. The average molecular weight is 679 g/mol. The molecule has 50 heavy (non-hydrogen) atoms. The number of nitro groups is 2. The van der Waals surface area contributed by atoms with Crippen molar-refractivity contribution in [2.45, 2.75) is 19.5 Å². The number of fused-ring (bicyclic) bond motifs is 2. The van der Waals surface area contributed by atoms with Gasteiger partial charge in [0, 0.05) is 79.7 Å². The van der Waals surface area contributed by atoms with Crippen molar-refractivity contribution in [2.24, 2.45) is 0 Å². The van der Waals surface area contributed by atoms with Gasteiger partial charge in [0.2, 0.25) is 5.91 Å². The first kappa shape index (κ1) is 34.9. The molecule has 1 saturated heterocycles. The molecular weight excluding hydrogens is 647 g/mol. The lowest BCUT2D eigenvalue weighted by Crippen LogP contribution is -2.53. The summed E-state index contributed by atoms with van der Waals surface area (Å²) >= 11 is 0. The fraction of sp³-hybridized carbons (Fsp3) is 0.167. The molecule has 14 heteroatoms. The Hall–Kier alpha value is -6.41. The summed E-state index contributed by atoms with van der Waals surface area (Å²) in [6.45, 7) is 4.61. The van der Waals surface area contributed by atoms with Gasteiger partial charge in [-0.2, -0.15) is 0 Å². The first-order chi connectivity index (χ1) is 24.0. The molecule has 2 aromatic heterocycles. The molecule has 3 heterocycles. The molecule has 0 aliphatic carbocycles. The number of halogens is 1. The number of rotatable bonds is 8. The lowest BCUT2D eigenvalue weighted by atomic mass is 10.1. The zero-order valence-corrected chi connectivity index (χ0v) is 26.8. The third-order valence-electron chi connectivity index (χ3n) is 8.02. The molecule has 5 aromatic rings. The van der Waals surface area contributed by atoms with Gasteiger partial charge in [-0.25, -0.2) is 9.18 Å². The van der Waals surface area contributed by atoms with E-state index in [0.717, 1.165) is 11.6 Å².